The zero-order valence-electron chi connectivity index (χ0n) is 9.07. The van der Waals surface area contributed by atoms with Crippen molar-refractivity contribution in [3.8, 4) is 0 Å². The third kappa shape index (κ3) is 3.28. The molecule has 0 spiro atoms. The molecule has 1 aromatic carbocycles. The van der Waals surface area contributed by atoms with E-state index in [2.05, 4.69) is 0 Å². The smallest absolute Gasteiger partial charge is 0.123 e. The number of halogens is 2. The number of hydrogen-bond acceptors (Lipinski definition) is 2. The molecule has 0 radical (unpaired) electrons. The first-order chi connectivity index (χ1) is 8.19. The van der Waals surface area contributed by atoms with Crippen LogP contribution in [0.5, 0.6) is 0 Å². The highest BCUT2D eigenvalue weighted by Gasteiger charge is 2.12. The topological polar surface area (TPSA) is 20.2 Å². The molecule has 1 aromatic heterocycles. The summed E-state index contributed by atoms with van der Waals surface area (Å²) in [6, 6.07) is 10.1. The zero-order chi connectivity index (χ0) is 12.3. The molecule has 1 heterocycles. The van der Waals surface area contributed by atoms with Crippen LogP contribution >= 0.6 is 22.9 Å². The summed E-state index contributed by atoms with van der Waals surface area (Å²) in [7, 11) is 0. The van der Waals surface area contributed by atoms with E-state index in [9.17, 15) is 9.50 Å². The molecule has 0 aliphatic carbocycles. The predicted octanol–water partition coefficient (Wildman–Crippen LogP) is 3.86. The average molecular weight is 271 g/mol. The van der Waals surface area contributed by atoms with Gasteiger partial charge in [0.25, 0.3) is 0 Å². The average Bonchev–Trinajstić information content (AvgIpc) is 2.73. The molecule has 0 fully saturated rings. The molecular formula is C13H12ClFOS. The number of benzene rings is 1. The first-order valence-electron chi connectivity index (χ1n) is 5.29. The Labute approximate surface area is 108 Å². The lowest BCUT2D eigenvalue weighted by Crippen LogP contribution is -2.06. The summed E-state index contributed by atoms with van der Waals surface area (Å²) in [6.07, 6.45) is 0.722. The van der Waals surface area contributed by atoms with Crippen molar-refractivity contribution in [2.45, 2.75) is 12.3 Å². The van der Waals surface area contributed by atoms with Gasteiger partial charge in [0.1, 0.15) is 5.82 Å². The highest BCUT2D eigenvalue weighted by Crippen LogP contribution is 2.27. The van der Waals surface area contributed by atoms with E-state index in [4.69, 9.17) is 11.6 Å². The third-order valence-electron chi connectivity index (χ3n) is 2.64. The molecule has 1 unspecified atom stereocenters. The van der Waals surface area contributed by atoms with Gasteiger partial charge in [0.2, 0.25) is 0 Å². The lowest BCUT2D eigenvalue weighted by Gasteiger charge is -2.13. The fourth-order valence-electron chi connectivity index (χ4n) is 1.73. The number of hydrogen-bond donors (Lipinski definition) is 1. The van der Waals surface area contributed by atoms with Crippen LogP contribution in [0.2, 0.25) is 4.34 Å². The van der Waals surface area contributed by atoms with Gasteiger partial charge in [0, 0.05) is 10.8 Å². The Bertz CT molecular complexity index is 480. The Morgan fingerprint density at radius 2 is 1.88 bits per heavy atom. The van der Waals surface area contributed by atoms with Crippen molar-refractivity contribution in [3.63, 3.8) is 0 Å². The van der Waals surface area contributed by atoms with Crippen molar-refractivity contribution in [1.29, 1.82) is 0 Å². The predicted molar refractivity (Wildman–Crippen MR) is 69.3 cm³/mol. The first-order valence-corrected chi connectivity index (χ1v) is 6.49. The summed E-state index contributed by atoms with van der Waals surface area (Å²) in [5, 5.41) is 9.39. The fraction of sp³-hybridized carbons (Fsp3) is 0.231. The lowest BCUT2D eigenvalue weighted by molar-refractivity contribution is 0.265. The van der Waals surface area contributed by atoms with Crippen LogP contribution in [-0.4, -0.2) is 11.7 Å². The number of aliphatic hydroxyl groups excluding tert-OH is 1. The molecule has 1 nitrogen and oxygen atoms in total. The van der Waals surface area contributed by atoms with E-state index in [0.29, 0.717) is 0 Å². The number of aliphatic hydroxyl groups is 1. The van der Waals surface area contributed by atoms with Crippen molar-refractivity contribution in [2.75, 3.05) is 6.61 Å². The quantitative estimate of drug-likeness (QED) is 0.894. The van der Waals surface area contributed by atoms with Gasteiger partial charge < -0.3 is 5.11 Å². The Morgan fingerprint density at radius 3 is 2.41 bits per heavy atom. The largest absolute Gasteiger partial charge is 0.396 e. The molecule has 2 rings (SSSR count). The normalized spacial score (nSPS) is 12.6. The molecule has 1 N–H and O–H groups in total. The van der Waals surface area contributed by atoms with Crippen molar-refractivity contribution in [1.82, 2.24) is 0 Å². The van der Waals surface area contributed by atoms with Crippen molar-refractivity contribution in [2.24, 2.45) is 0 Å². The highest BCUT2D eigenvalue weighted by atomic mass is 35.5. The molecule has 4 heteroatoms. The van der Waals surface area contributed by atoms with Gasteiger partial charge in [-0.15, -0.1) is 11.3 Å². The Kier molecular flexibility index (Phi) is 4.15. The molecule has 2 aromatic rings. The molecule has 0 saturated carbocycles. The van der Waals surface area contributed by atoms with E-state index in [1.165, 1.54) is 23.5 Å². The maximum atomic E-state index is 12.8. The van der Waals surface area contributed by atoms with E-state index in [1.54, 1.807) is 12.1 Å². The van der Waals surface area contributed by atoms with Gasteiger partial charge in [0.05, 0.1) is 10.9 Å². The van der Waals surface area contributed by atoms with Crippen LogP contribution in [0, 0.1) is 5.82 Å². The van der Waals surface area contributed by atoms with Gasteiger partial charge in [-0.2, -0.15) is 0 Å². The van der Waals surface area contributed by atoms with Gasteiger partial charge in [-0.1, -0.05) is 23.7 Å². The SMILES string of the molecule is OCC(Cc1ccc(Cl)s1)c1ccc(F)cc1. The van der Waals surface area contributed by atoms with E-state index < -0.39 is 0 Å². The van der Waals surface area contributed by atoms with Crippen molar-refractivity contribution in [3.05, 3.63) is 57.0 Å². The fourth-order valence-corrected chi connectivity index (χ4v) is 2.89. The zero-order valence-corrected chi connectivity index (χ0v) is 10.6. The molecule has 1 atom stereocenters. The standard InChI is InChI=1S/C13H12ClFOS/c14-13-6-5-12(17-13)7-10(8-16)9-1-3-11(15)4-2-9/h1-6,10,16H,7-8H2. The Hall–Kier alpha value is -0.900. The second-order valence-corrected chi connectivity index (χ2v) is 5.64. The first kappa shape index (κ1) is 12.6. The van der Waals surface area contributed by atoms with E-state index >= 15 is 0 Å². The Morgan fingerprint density at radius 1 is 1.18 bits per heavy atom. The second-order valence-electron chi connectivity index (χ2n) is 3.84. The molecule has 0 aliphatic heterocycles. The van der Waals surface area contributed by atoms with Crippen LogP contribution < -0.4 is 0 Å². The van der Waals surface area contributed by atoms with Crippen molar-refractivity contribution >= 4 is 22.9 Å². The minimum absolute atomic E-state index is 0.00897. The van der Waals surface area contributed by atoms with Crippen LogP contribution in [0.3, 0.4) is 0 Å². The summed E-state index contributed by atoms with van der Waals surface area (Å²) in [4.78, 5) is 1.12. The molecule has 0 amide bonds. The number of thiophene rings is 1. The van der Waals surface area contributed by atoms with Gasteiger partial charge in [-0.3, -0.25) is 0 Å². The summed E-state index contributed by atoms with van der Waals surface area (Å²) in [5.74, 6) is -0.269. The Balaban J connectivity index is 2.13. The highest BCUT2D eigenvalue weighted by molar-refractivity contribution is 7.16. The van der Waals surface area contributed by atoms with Crippen molar-refractivity contribution < 1.29 is 9.50 Å². The van der Waals surface area contributed by atoms with Crippen LogP contribution in [0.25, 0.3) is 0 Å². The maximum absolute atomic E-state index is 12.8. The van der Waals surface area contributed by atoms with Crippen LogP contribution in [0.1, 0.15) is 16.4 Å². The molecular weight excluding hydrogens is 259 g/mol. The minimum atomic E-state index is -0.260. The van der Waals surface area contributed by atoms with Crippen LogP contribution in [-0.2, 0) is 6.42 Å². The number of rotatable bonds is 4. The van der Waals surface area contributed by atoms with Gasteiger partial charge in [0.15, 0.2) is 0 Å². The lowest BCUT2D eigenvalue weighted by atomic mass is 9.96. The van der Waals surface area contributed by atoms with Crippen LogP contribution in [0.15, 0.2) is 36.4 Å². The summed E-state index contributed by atoms with van der Waals surface area (Å²) in [6.45, 7) is 0.0428. The van der Waals surface area contributed by atoms with E-state index in [-0.39, 0.29) is 18.3 Å². The van der Waals surface area contributed by atoms with E-state index in [1.807, 2.05) is 12.1 Å². The van der Waals surface area contributed by atoms with Gasteiger partial charge in [-0.25, -0.2) is 4.39 Å². The molecule has 0 saturated heterocycles. The van der Waals surface area contributed by atoms with E-state index in [0.717, 1.165) is 21.2 Å². The summed E-state index contributed by atoms with van der Waals surface area (Å²) < 4.78 is 13.6. The monoisotopic (exact) mass is 270 g/mol. The van der Waals surface area contributed by atoms with Gasteiger partial charge >= 0.3 is 0 Å². The maximum Gasteiger partial charge on any atom is 0.123 e. The van der Waals surface area contributed by atoms with Gasteiger partial charge in [-0.05, 0) is 36.2 Å². The molecule has 17 heavy (non-hydrogen) atoms. The molecule has 0 aliphatic rings. The molecule has 0 bridgehead atoms. The summed E-state index contributed by atoms with van der Waals surface area (Å²) in [5.41, 5.74) is 0.943. The molecule has 90 valence electrons. The second kappa shape index (κ2) is 5.63. The summed E-state index contributed by atoms with van der Waals surface area (Å²) >= 11 is 7.37. The third-order valence-corrected chi connectivity index (χ3v) is 3.89. The van der Waals surface area contributed by atoms with Crippen LogP contribution in [0.4, 0.5) is 4.39 Å². The minimum Gasteiger partial charge on any atom is -0.396 e.